The van der Waals surface area contributed by atoms with Crippen LogP contribution in [0, 0.1) is 0 Å². The molecule has 0 saturated heterocycles. The number of ether oxygens (including phenoxy) is 1. The Kier molecular flexibility index (Phi) is 4.84. The van der Waals surface area contributed by atoms with E-state index >= 15 is 0 Å². The fourth-order valence-corrected chi connectivity index (χ4v) is 2.82. The van der Waals surface area contributed by atoms with Crippen molar-refractivity contribution in [3.8, 4) is 0 Å². The van der Waals surface area contributed by atoms with Crippen LogP contribution in [-0.2, 0) is 19.2 Å². The smallest absolute Gasteiger partial charge is 0.351 e. The molecule has 0 N–H and O–H groups in total. The van der Waals surface area contributed by atoms with Crippen molar-refractivity contribution in [3.05, 3.63) is 21.3 Å². The number of oxime groups is 1. The van der Waals surface area contributed by atoms with Crippen molar-refractivity contribution in [2.45, 2.75) is 25.6 Å². The predicted molar refractivity (Wildman–Crippen MR) is 79.6 cm³/mol. The van der Waals surface area contributed by atoms with Crippen LogP contribution in [0.3, 0.4) is 0 Å². The molecule has 21 heavy (non-hydrogen) atoms. The Morgan fingerprint density at radius 2 is 2.24 bits per heavy atom. The molecule has 0 aromatic carbocycles. The first-order valence-corrected chi connectivity index (χ1v) is 7.48. The molecule has 8 heteroatoms. The molecular formula is C13H15ClN2O4S. The normalized spacial score (nSPS) is 18.7. The molecule has 2 unspecified atom stereocenters. The maximum atomic E-state index is 12.0. The van der Waals surface area contributed by atoms with Crippen molar-refractivity contribution in [2.75, 3.05) is 14.1 Å². The summed E-state index contributed by atoms with van der Waals surface area (Å²) < 4.78 is 5.74. The highest BCUT2D eigenvalue weighted by Crippen LogP contribution is 2.26. The Morgan fingerprint density at radius 3 is 2.81 bits per heavy atom. The molecule has 1 aliphatic rings. The summed E-state index contributed by atoms with van der Waals surface area (Å²) in [4.78, 5) is 30.9. The van der Waals surface area contributed by atoms with Gasteiger partial charge in [-0.3, -0.25) is 4.79 Å². The number of rotatable bonds is 4. The summed E-state index contributed by atoms with van der Waals surface area (Å²) in [6.45, 7) is 1.52. The minimum absolute atomic E-state index is 0.285. The molecule has 0 saturated carbocycles. The van der Waals surface area contributed by atoms with E-state index in [0.29, 0.717) is 16.5 Å². The molecule has 1 amide bonds. The Morgan fingerprint density at radius 1 is 1.52 bits per heavy atom. The fraction of sp³-hybridized carbons (Fsp3) is 0.462. The highest BCUT2D eigenvalue weighted by atomic mass is 35.5. The Balaban J connectivity index is 1.91. The number of thiophene rings is 1. The second kappa shape index (κ2) is 6.44. The van der Waals surface area contributed by atoms with Gasteiger partial charge in [-0.1, -0.05) is 16.8 Å². The monoisotopic (exact) mass is 330 g/mol. The summed E-state index contributed by atoms with van der Waals surface area (Å²) in [5.74, 6) is -0.883. The van der Waals surface area contributed by atoms with Crippen molar-refractivity contribution in [1.29, 1.82) is 0 Å². The summed E-state index contributed by atoms with van der Waals surface area (Å²) >= 11 is 7.22. The summed E-state index contributed by atoms with van der Waals surface area (Å²) in [7, 11) is 3.20. The second-order valence-electron chi connectivity index (χ2n) is 4.75. The lowest BCUT2D eigenvalue weighted by molar-refractivity contribution is -0.166. The van der Waals surface area contributed by atoms with Gasteiger partial charge in [0.2, 0.25) is 6.10 Å². The third-order valence-corrected chi connectivity index (χ3v) is 4.15. The van der Waals surface area contributed by atoms with Crippen LogP contribution in [0.5, 0.6) is 0 Å². The summed E-state index contributed by atoms with van der Waals surface area (Å²) in [5.41, 5.74) is 0.653. The lowest BCUT2D eigenvalue weighted by Crippen LogP contribution is -2.37. The first-order chi connectivity index (χ1) is 9.88. The average molecular weight is 331 g/mol. The number of likely N-dealkylation sites (N-methyl/N-ethyl adjacent to an activating group) is 1. The maximum Gasteiger partial charge on any atom is 0.351 e. The van der Waals surface area contributed by atoms with Crippen LogP contribution in [0.25, 0.3) is 0 Å². The molecule has 0 fully saturated rings. The standard InChI is InChI=1S/C13H15ClN2O4S/c1-7(12(17)16(2)3)19-13(18)9-6-8(15-20-9)10-4-5-11(14)21-10/h4-5,7,9H,6H2,1-3H3. The molecule has 1 aromatic heterocycles. The highest BCUT2D eigenvalue weighted by Gasteiger charge is 2.33. The summed E-state index contributed by atoms with van der Waals surface area (Å²) in [5, 5.41) is 3.88. The van der Waals surface area contributed by atoms with Crippen LogP contribution in [0.15, 0.2) is 17.3 Å². The maximum absolute atomic E-state index is 12.0. The first-order valence-electron chi connectivity index (χ1n) is 6.28. The van der Waals surface area contributed by atoms with E-state index in [9.17, 15) is 9.59 Å². The quantitative estimate of drug-likeness (QED) is 0.791. The third-order valence-electron chi connectivity index (χ3n) is 2.87. The van der Waals surface area contributed by atoms with Gasteiger partial charge in [0.1, 0.15) is 5.71 Å². The van der Waals surface area contributed by atoms with Crippen molar-refractivity contribution in [2.24, 2.45) is 5.16 Å². The zero-order chi connectivity index (χ0) is 15.6. The van der Waals surface area contributed by atoms with Gasteiger partial charge in [-0.15, -0.1) is 11.3 Å². The zero-order valence-corrected chi connectivity index (χ0v) is 13.4. The number of amides is 1. The van der Waals surface area contributed by atoms with Crippen LogP contribution >= 0.6 is 22.9 Å². The molecule has 2 heterocycles. The van der Waals surface area contributed by atoms with Crippen LogP contribution in [-0.4, -0.2) is 48.8 Å². The number of carbonyl (C=O) groups is 2. The van der Waals surface area contributed by atoms with E-state index in [1.54, 1.807) is 20.2 Å². The number of halogens is 1. The Bertz CT molecular complexity index is 584. The van der Waals surface area contributed by atoms with E-state index in [2.05, 4.69) is 5.16 Å². The van der Waals surface area contributed by atoms with Crippen LogP contribution in [0.4, 0.5) is 0 Å². The van der Waals surface area contributed by atoms with Crippen molar-refractivity contribution < 1.29 is 19.2 Å². The van der Waals surface area contributed by atoms with Gasteiger partial charge < -0.3 is 14.5 Å². The minimum Gasteiger partial charge on any atom is -0.450 e. The van der Waals surface area contributed by atoms with Crippen molar-refractivity contribution in [1.82, 2.24) is 4.90 Å². The summed E-state index contributed by atoms with van der Waals surface area (Å²) in [6, 6.07) is 3.58. The molecule has 0 bridgehead atoms. The van der Waals surface area contributed by atoms with Gasteiger partial charge in [-0.05, 0) is 19.1 Å². The lowest BCUT2D eigenvalue weighted by Gasteiger charge is -2.18. The number of esters is 1. The van der Waals surface area contributed by atoms with Gasteiger partial charge in [-0.2, -0.15) is 0 Å². The van der Waals surface area contributed by atoms with Gasteiger partial charge in [0.15, 0.2) is 6.10 Å². The average Bonchev–Trinajstić information content (AvgIpc) is 3.05. The van der Waals surface area contributed by atoms with E-state index in [-0.39, 0.29) is 5.91 Å². The van der Waals surface area contributed by atoms with Crippen molar-refractivity contribution >= 4 is 40.5 Å². The number of nitrogens with zero attached hydrogens (tertiary/aromatic N) is 2. The molecule has 0 radical (unpaired) electrons. The molecule has 0 aliphatic carbocycles. The zero-order valence-electron chi connectivity index (χ0n) is 11.8. The molecule has 0 spiro atoms. The van der Waals surface area contributed by atoms with Gasteiger partial charge in [-0.25, -0.2) is 4.79 Å². The van der Waals surface area contributed by atoms with Crippen LogP contribution in [0.1, 0.15) is 18.2 Å². The Labute approximate surface area is 131 Å². The molecule has 2 atom stereocenters. The van der Waals surface area contributed by atoms with E-state index < -0.39 is 18.2 Å². The minimum atomic E-state index is -0.851. The topological polar surface area (TPSA) is 68.2 Å². The van der Waals surface area contributed by atoms with Gasteiger partial charge in [0.05, 0.1) is 9.21 Å². The number of hydrogen-bond donors (Lipinski definition) is 0. The van der Waals surface area contributed by atoms with E-state index in [1.165, 1.54) is 23.2 Å². The predicted octanol–water partition coefficient (Wildman–Crippen LogP) is 1.91. The fourth-order valence-electron chi connectivity index (χ4n) is 1.78. The van der Waals surface area contributed by atoms with E-state index in [4.69, 9.17) is 21.2 Å². The van der Waals surface area contributed by atoms with Gasteiger partial charge in [0.25, 0.3) is 5.91 Å². The van der Waals surface area contributed by atoms with Crippen LogP contribution < -0.4 is 0 Å². The molecule has 1 aromatic rings. The second-order valence-corrected chi connectivity index (χ2v) is 6.47. The molecule has 114 valence electrons. The lowest BCUT2D eigenvalue weighted by atomic mass is 10.1. The molecule has 2 rings (SSSR count). The summed E-state index contributed by atoms with van der Waals surface area (Å²) in [6.07, 6.45) is -1.37. The van der Waals surface area contributed by atoms with Crippen molar-refractivity contribution in [3.63, 3.8) is 0 Å². The van der Waals surface area contributed by atoms with Gasteiger partial charge in [0, 0.05) is 20.5 Å². The third kappa shape index (κ3) is 3.74. The molecular weight excluding hydrogens is 316 g/mol. The largest absolute Gasteiger partial charge is 0.450 e. The molecule has 1 aliphatic heterocycles. The highest BCUT2D eigenvalue weighted by molar-refractivity contribution is 7.18. The Hall–Kier alpha value is -1.60. The molecule has 6 nitrogen and oxygen atoms in total. The van der Waals surface area contributed by atoms with Crippen LogP contribution in [0.2, 0.25) is 4.34 Å². The van der Waals surface area contributed by atoms with E-state index in [1.807, 2.05) is 6.07 Å². The SMILES string of the molecule is CC(OC(=O)C1CC(c2ccc(Cl)s2)=NO1)C(=O)N(C)C. The number of hydrogen-bond acceptors (Lipinski definition) is 6. The van der Waals surface area contributed by atoms with Gasteiger partial charge >= 0.3 is 5.97 Å². The number of carbonyl (C=O) groups excluding carboxylic acids is 2. The first kappa shape index (κ1) is 15.8. The van der Waals surface area contributed by atoms with E-state index in [0.717, 1.165) is 4.88 Å².